The molecule has 1 amide bonds. The van der Waals surface area contributed by atoms with E-state index in [4.69, 9.17) is 0 Å². The van der Waals surface area contributed by atoms with Crippen molar-refractivity contribution < 1.29 is 4.79 Å². The van der Waals surface area contributed by atoms with Crippen molar-refractivity contribution in [1.29, 1.82) is 0 Å². The van der Waals surface area contributed by atoms with Gasteiger partial charge in [0, 0.05) is 24.2 Å². The Balaban J connectivity index is 1.55. The fraction of sp³-hybridized carbons (Fsp3) is 0.136. The van der Waals surface area contributed by atoms with Crippen LogP contribution in [-0.4, -0.2) is 20.3 Å². The first kappa shape index (κ1) is 15.8. The number of pyridine rings is 2. The van der Waals surface area contributed by atoms with Gasteiger partial charge in [0.05, 0.1) is 11.1 Å². The normalized spacial score (nSPS) is 14.8. The standard InChI is InChI=1S/C22H18N4O/c27-21(25-22(11-12-22)17-6-2-1-3-7-17)19-18-8-4-5-15-26(18)20(24-19)16-9-13-23-14-10-16/h1-10,13-15H,11-12H2,(H,25,27). The fourth-order valence-corrected chi connectivity index (χ4v) is 3.55. The molecule has 0 bridgehead atoms. The monoisotopic (exact) mass is 354 g/mol. The minimum absolute atomic E-state index is 0.139. The maximum atomic E-state index is 13.1. The summed E-state index contributed by atoms with van der Waals surface area (Å²) in [5.74, 6) is 0.600. The first-order valence-electron chi connectivity index (χ1n) is 9.02. The number of nitrogens with zero attached hydrogens (tertiary/aromatic N) is 3. The average Bonchev–Trinajstić information content (AvgIpc) is 3.41. The van der Waals surface area contributed by atoms with E-state index >= 15 is 0 Å². The van der Waals surface area contributed by atoms with Gasteiger partial charge in [0.15, 0.2) is 5.69 Å². The molecule has 0 spiro atoms. The number of hydrogen-bond acceptors (Lipinski definition) is 3. The third-order valence-corrected chi connectivity index (χ3v) is 5.13. The molecule has 1 fully saturated rings. The van der Waals surface area contributed by atoms with Crippen molar-refractivity contribution in [2.75, 3.05) is 0 Å². The predicted molar refractivity (Wildman–Crippen MR) is 103 cm³/mol. The Hall–Kier alpha value is -3.47. The number of rotatable bonds is 4. The lowest BCUT2D eigenvalue weighted by molar-refractivity contribution is 0.0928. The molecule has 27 heavy (non-hydrogen) atoms. The predicted octanol–water partition coefficient (Wildman–Crippen LogP) is 3.82. The Morgan fingerprint density at radius 2 is 1.70 bits per heavy atom. The highest BCUT2D eigenvalue weighted by Gasteiger charge is 2.46. The molecule has 3 aromatic heterocycles. The van der Waals surface area contributed by atoms with Crippen LogP contribution >= 0.6 is 0 Å². The Morgan fingerprint density at radius 1 is 0.963 bits per heavy atom. The van der Waals surface area contributed by atoms with Crippen LogP contribution in [0.4, 0.5) is 0 Å². The highest BCUT2D eigenvalue weighted by molar-refractivity contribution is 6.00. The molecule has 1 aliphatic carbocycles. The smallest absolute Gasteiger partial charge is 0.272 e. The molecular formula is C22H18N4O. The van der Waals surface area contributed by atoms with E-state index in [-0.39, 0.29) is 11.4 Å². The summed E-state index contributed by atoms with van der Waals surface area (Å²) in [4.78, 5) is 21.9. The van der Waals surface area contributed by atoms with Gasteiger partial charge in [0.25, 0.3) is 5.91 Å². The number of nitrogens with one attached hydrogen (secondary N) is 1. The van der Waals surface area contributed by atoms with E-state index in [0.717, 1.165) is 35.3 Å². The molecule has 1 aromatic carbocycles. The van der Waals surface area contributed by atoms with Gasteiger partial charge in [-0.2, -0.15) is 0 Å². The van der Waals surface area contributed by atoms with Crippen molar-refractivity contribution in [2.45, 2.75) is 18.4 Å². The highest BCUT2D eigenvalue weighted by atomic mass is 16.2. The first-order valence-corrected chi connectivity index (χ1v) is 9.02. The molecule has 1 aliphatic rings. The van der Waals surface area contributed by atoms with E-state index in [2.05, 4.69) is 27.4 Å². The number of imidazole rings is 1. The SMILES string of the molecule is O=C(NC1(c2ccccc2)CC1)c1nc(-c2ccncc2)n2ccccc12. The second kappa shape index (κ2) is 6.06. The lowest BCUT2D eigenvalue weighted by atomic mass is 10.0. The molecule has 132 valence electrons. The molecule has 0 radical (unpaired) electrons. The minimum atomic E-state index is -0.264. The van der Waals surface area contributed by atoms with E-state index in [1.54, 1.807) is 12.4 Å². The van der Waals surface area contributed by atoms with Gasteiger partial charge in [-0.1, -0.05) is 36.4 Å². The zero-order chi connectivity index (χ0) is 18.3. The molecule has 1 saturated carbocycles. The summed E-state index contributed by atoms with van der Waals surface area (Å²) in [5, 5.41) is 3.23. The average molecular weight is 354 g/mol. The molecule has 5 nitrogen and oxygen atoms in total. The molecular weight excluding hydrogens is 336 g/mol. The number of benzene rings is 1. The quantitative estimate of drug-likeness (QED) is 0.606. The number of aromatic nitrogens is 3. The van der Waals surface area contributed by atoms with Crippen LogP contribution in [0.3, 0.4) is 0 Å². The van der Waals surface area contributed by atoms with Crippen LogP contribution in [0.5, 0.6) is 0 Å². The topological polar surface area (TPSA) is 59.3 Å². The molecule has 5 heteroatoms. The molecule has 4 aromatic rings. The zero-order valence-electron chi connectivity index (χ0n) is 14.7. The number of carbonyl (C=O) groups is 1. The Labute approximate surface area is 156 Å². The number of fused-ring (bicyclic) bond motifs is 1. The Kier molecular flexibility index (Phi) is 3.53. The summed E-state index contributed by atoms with van der Waals surface area (Å²) in [5.41, 5.74) is 3.06. The molecule has 0 aliphatic heterocycles. The Morgan fingerprint density at radius 3 is 2.44 bits per heavy atom. The van der Waals surface area contributed by atoms with Gasteiger partial charge in [-0.25, -0.2) is 4.98 Å². The van der Waals surface area contributed by atoms with Gasteiger partial charge >= 0.3 is 0 Å². The van der Waals surface area contributed by atoms with Crippen LogP contribution in [0.2, 0.25) is 0 Å². The minimum Gasteiger partial charge on any atom is -0.341 e. The number of hydrogen-bond donors (Lipinski definition) is 1. The summed E-state index contributed by atoms with van der Waals surface area (Å²) in [6.07, 6.45) is 7.29. The molecule has 1 N–H and O–H groups in total. The summed E-state index contributed by atoms with van der Waals surface area (Å²) in [6, 6.07) is 19.7. The van der Waals surface area contributed by atoms with Crippen molar-refractivity contribution in [3.05, 3.63) is 90.5 Å². The van der Waals surface area contributed by atoms with E-state index in [9.17, 15) is 4.79 Å². The summed E-state index contributed by atoms with van der Waals surface area (Å²) >= 11 is 0. The van der Waals surface area contributed by atoms with Gasteiger partial charge in [-0.15, -0.1) is 0 Å². The van der Waals surface area contributed by atoms with E-state index in [1.165, 1.54) is 0 Å². The summed E-state index contributed by atoms with van der Waals surface area (Å²) in [6.45, 7) is 0. The lowest BCUT2D eigenvalue weighted by Crippen LogP contribution is -2.35. The first-order chi connectivity index (χ1) is 13.3. The van der Waals surface area contributed by atoms with Crippen molar-refractivity contribution >= 4 is 11.4 Å². The second-order valence-corrected chi connectivity index (χ2v) is 6.88. The van der Waals surface area contributed by atoms with Crippen LogP contribution < -0.4 is 5.32 Å². The van der Waals surface area contributed by atoms with Gasteiger partial charge in [-0.05, 0) is 42.7 Å². The highest BCUT2D eigenvalue weighted by Crippen LogP contribution is 2.45. The zero-order valence-corrected chi connectivity index (χ0v) is 14.7. The molecule has 0 unspecified atom stereocenters. The van der Waals surface area contributed by atoms with Crippen molar-refractivity contribution in [3.63, 3.8) is 0 Å². The van der Waals surface area contributed by atoms with E-state index in [0.29, 0.717) is 5.69 Å². The molecule has 0 atom stereocenters. The van der Waals surface area contributed by atoms with Crippen LogP contribution in [0.1, 0.15) is 28.9 Å². The van der Waals surface area contributed by atoms with Crippen LogP contribution in [0.25, 0.3) is 16.9 Å². The summed E-state index contributed by atoms with van der Waals surface area (Å²) < 4.78 is 1.95. The van der Waals surface area contributed by atoms with Crippen LogP contribution in [-0.2, 0) is 5.54 Å². The third kappa shape index (κ3) is 2.68. The summed E-state index contributed by atoms with van der Waals surface area (Å²) in [7, 11) is 0. The van der Waals surface area contributed by atoms with E-state index in [1.807, 2.05) is 59.1 Å². The number of amides is 1. The lowest BCUT2D eigenvalue weighted by Gasteiger charge is -2.17. The van der Waals surface area contributed by atoms with Crippen LogP contribution in [0, 0.1) is 0 Å². The maximum absolute atomic E-state index is 13.1. The van der Waals surface area contributed by atoms with Crippen molar-refractivity contribution in [1.82, 2.24) is 19.7 Å². The number of carbonyl (C=O) groups excluding carboxylic acids is 1. The molecule has 5 rings (SSSR count). The van der Waals surface area contributed by atoms with Gasteiger partial charge in [-0.3, -0.25) is 14.2 Å². The van der Waals surface area contributed by atoms with Gasteiger partial charge in [0.1, 0.15) is 5.82 Å². The van der Waals surface area contributed by atoms with E-state index < -0.39 is 0 Å². The van der Waals surface area contributed by atoms with Crippen LogP contribution in [0.15, 0.2) is 79.3 Å². The molecule has 0 saturated heterocycles. The largest absolute Gasteiger partial charge is 0.341 e. The second-order valence-electron chi connectivity index (χ2n) is 6.88. The van der Waals surface area contributed by atoms with Gasteiger partial charge < -0.3 is 5.32 Å². The Bertz CT molecular complexity index is 1110. The third-order valence-electron chi connectivity index (χ3n) is 5.13. The van der Waals surface area contributed by atoms with Gasteiger partial charge in [0.2, 0.25) is 0 Å². The van der Waals surface area contributed by atoms with Crippen molar-refractivity contribution in [2.24, 2.45) is 0 Å². The molecule has 3 heterocycles. The van der Waals surface area contributed by atoms with Crippen molar-refractivity contribution in [3.8, 4) is 11.4 Å². The maximum Gasteiger partial charge on any atom is 0.272 e. The fourth-order valence-electron chi connectivity index (χ4n) is 3.55.